The van der Waals surface area contributed by atoms with Crippen molar-refractivity contribution in [3.8, 4) is 5.75 Å². The molecule has 0 aliphatic heterocycles. The van der Waals surface area contributed by atoms with Crippen molar-refractivity contribution in [1.82, 2.24) is 0 Å². The van der Waals surface area contributed by atoms with E-state index in [0.29, 0.717) is 5.39 Å². The van der Waals surface area contributed by atoms with Crippen molar-refractivity contribution in [2.45, 2.75) is 11.5 Å². The van der Waals surface area contributed by atoms with Gasteiger partial charge < -0.3 is 4.74 Å². The van der Waals surface area contributed by atoms with Crippen LogP contribution < -0.4 is 4.74 Å². The van der Waals surface area contributed by atoms with E-state index in [1.807, 2.05) is 30.3 Å². The Morgan fingerprint density at radius 1 is 0.864 bits per heavy atom. The molecule has 0 atom stereocenters. The van der Waals surface area contributed by atoms with Crippen LogP contribution in [0.15, 0.2) is 71.6 Å². The van der Waals surface area contributed by atoms with Gasteiger partial charge in [-0.05, 0) is 17.0 Å². The first-order valence-electron chi connectivity index (χ1n) is 6.72. The molecule has 0 saturated heterocycles. The first-order valence-corrected chi connectivity index (χ1v) is 8.16. The number of hydrogen-bond donors (Lipinski definition) is 1. The van der Waals surface area contributed by atoms with Gasteiger partial charge in [0.25, 0.3) is 10.1 Å². The van der Waals surface area contributed by atoms with Gasteiger partial charge >= 0.3 is 0 Å². The summed E-state index contributed by atoms with van der Waals surface area (Å²) in [5, 5.41) is 1.16. The van der Waals surface area contributed by atoms with Crippen molar-refractivity contribution in [3.05, 3.63) is 72.3 Å². The van der Waals surface area contributed by atoms with Gasteiger partial charge in [-0.1, -0.05) is 60.7 Å². The SMILES string of the molecule is O=S(=O)(O)c1c(OCc2ccccc2)ccc2ccccc12. The molecule has 22 heavy (non-hydrogen) atoms. The predicted octanol–water partition coefficient (Wildman–Crippen LogP) is 3.67. The summed E-state index contributed by atoms with van der Waals surface area (Å²) in [5.41, 5.74) is 0.914. The van der Waals surface area contributed by atoms with Crippen LogP contribution in [0.4, 0.5) is 0 Å². The van der Waals surface area contributed by atoms with Crippen molar-refractivity contribution in [3.63, 3.8) is 0 Å². The Kier molecular flexibility index (Phi) is 3.83. The zero-order valence-electron chi connectivity index (χ0n) is 11.6. The second-order valence-electron chi connectivity index (χ2n) is 4.86. The minimum absolute atomic E-state index is 0.144. The van der Waals surface area contributed by atoms with Crippen molar-refractivity contribution in [1.29, 1.82) is 0 Å². The normalized spacial score (nSPS) is 11.5. The van der Waals surface area contributed by atoms with E-state index in [2.05, 4.69) is 0 Å². The quantitative estimate of drug-likeness (QED) is 0.746. The second-order valence-corrected chi connectivity index (χ2v) is 6.22. The van der Waals surface area contributed by atoms with E-state index in [9.17, 15) is 13.0 Å². The third kappa shape index (κ3) is 2.95. The minimum Gasteiger partial charge on any atom is -0.487 e. The average Bonchev–Trinajstić information content (AvgIpc) is 2.52. The van der Waals surface area contributed by atoms with E-state index in [1.165, 1.54) is 0 Å². The van der Waals surface area contributed by atoms with E-state index in [0.717, 1.165) is 10.9 Å². The highest BCUT2D eigenvalue weighted by Gasteiger charge is 2.20. The van der Waals surface area contributed by atoms with E-state index in [4.69, 9.17) is 4.74 Å². The van der Waals surface area contributed by atoms with E-state index >= 15 is 0 Å². The topological polar surface area (TPSA) is 63.6 Å². The van der Waals surface area contributed by atoms with Crippen molar-refractivity contribution >= 4 is 20.9 Å². The number of ether oxygens (including phenoxy) is 1. The van der Waals surface area contributed by atoms with Gasteiger partial charge in [0.1, 0.15) is 17.3 Å². The van der Waals surface area contributed by atoms with Crippen molar-refractivity contribution in [2.75, 3.05) is 0 Å². The van der Waals surface area contributed by atoms with Gasteiger partial charge in [-0.3, -0.25) is 4.55 Å². The molecule has 3 rings (SSSR count). The lowest BCUT2D eigenvalue weighted by atomic mass is 10.1. The molecule has 0 aromatic heterocycles. The maximum atomic E-state index is 11.8. The van der Waals surface area contributed by atoms with Gasteiger partial charge in [-0.25, -0.2) is 0 Å². The van der Waals surface area contributed by atoms with Crippen LogP contribution in [0.3, 0.4) is 0 Å². The van der Waals surface area contributed by atoms with Crippen LogP contribution in [0.2, 0.25) is 0 Å². The highest BCUT2D eigenvalue weighted by atomic mass is 32.2. The summed E-state index contributed by atoms with van der Waals surface area (Å²) < 4.78 is 38.7. The molecule has 0 amide bonds. The standard InChI is InChI=1S/C17H14O4S/c18-22(19,20)17-15-9-5-4-8-14(15)10-11-16(17)21-12-13-6-2-1-3-7-13/h1-11H,12H2,(H,18,19,20). The van der Waals surface area contributed by atoms with Crippen LogP contribution in [0, 0.1) is 0 Å². The van der Waals surface area contributed by atoms with Gasteiger partial charge in [0.15, 0.2) is 0 Å². The molecule has 0 heterocycles. The summed E-state index contributed by atoms with van der Waals surface area (Å²) in [6.45, 7) is 0.224. The monoisotopic (exact) mass is 314 g/mol. The molecule has 0 aliphatic carbocycles. The molecule has 112 valence electrons. The summed E-state index contributed by atoms with van der Waals surface area (Å²) in [5.74, 6) is 0.144. The number of fused-ring (bicyclic) bond motifs is 1. The zero-order valence-corrected chi connectivity index (χ0v) is 12.5. The van der Waals surface area contributed by atoms with Gasteiger partial charge in [0.2, 0.25) is 0 Å². The van der Waals surface area contributed by atoms with Crippen LogP contribution in [0.25, 0.3) is 10.8 Å². The van der Waals surface area contributed by atoms with E-state index < -0.39 is 10.1 Å². The van der Waals surface area contributed by atoms with Gasteiger partial charge in [-0.15, -0.1) is 0 Å². The van der Waals surface area contributed by atoms with Gasteiger partial charge in [-0.2, -0.15) is 8.42 Å². The highest BCUT2D eigenvalue weighted by Crippen LogP contribution is 2.32. The van der Waals surface area contributed by atoms with Crippen molar-refractivity contribution < 1.29 is 17.7 Å². The second kappa shape index (κ2) is 5.79. The Hall–Kier alpha value is -2.37. The highest BCUT2D eigenvalue weighted by molar-refractivity contribution is 7.86. The van der Waals surface area contributed by atoms with E-state index in [-0.39, 0.29) is 17.3 Å². The van der Waals surface area contributed by atoms with Gasteiger partial charge in [0.05, 0.1) is 0 Å². The van der Waals surface area contributed by atoms with Crippen LogP contribution in [0.5, 0.6) is 5.75 Å². The fraction of sp³-hybridized carbons (Fsp3) is 0.0588. The molecule has 0 spiro atoms. The first kappa shape index (κ1) is 14.6. The fourth-order valence-electron chi connectivity index (χ4n) is 2.34. The lowest BCUT2D eigenvalue weighted by Crippen LogP contribution is -2.05. The van der Waals surface area contributed by atoms with Crippen molar-refractivity contribution in [2.24, 2.45) is 0 Å². The molecule has 0 aliphatic rings. The lowest BCUT2D eigenvalue weighted by molar-refractivity contribution is 0.297. The third-order valence-electron chi connectivity index (χ3n) is 3.34. The molecule has 0 fully saturated rings. The summed E-state index contributed by atoms with van der Waals surface area (Å²) in [7, 11) is -4.39. The maximum absolute atomic E-state index is 11.8. The average molecular weight is 314 g/mol. The molecular weight excluding hydrogens is 300 g/mol. The Morgan fingerprint density at radius 2 is 1.55 bits per heavy atom. The smallest absolute Gasteiger partial charge is 0.298 e. The molecule has 3 aromatic carbocycles. The molecule has 3 aromatic rings. The number of benzene rings is 3. The van der Waals surface area contributed by atoms with Crippen LogP contribution in [-0.2, 0) is 16.7 Å². The predicted molar refractivity (Wildman–Crippen MR) is 84.5 cm³/mol. The lowest BCUT2D eigenvalue weighted by Gasteiger charge is -2.12. The summed E-state index contributed by atoms with van der Waals surface area (Å²) >= 11 is 0. The summed E-state index contributed by atoms with van der Waals surface area (Å²) in [6, 6.07) is 19.7. The molecule has 0 bridgehead atoms. The van der Waals surface area contributed by atoms with Crippen LogP contribution >= 0.6 is 0 Å². The van der Waals surface area contributed by atoms with Crippen LogP contribution in [-0.4, -0.2) is 13.0 Å². The molecule has 0 saturated carbocycles. The number of hydrogen-bond acceptors (Lipinski definition) is 3. The largest absolute Gasteiger partial charge is 0.487 e. The molecule has 0 radical (unpaired) electrons. The molecule has 5 heteroatoms. The maximum Gasteiger partial charge on any atom is 0.298 e. The Morgan fingerprint density at radius 3 is 2.27 bits per heavy atom. The van der Waals surface area contributed by atoms with Gasteiger partial charge in [0, 0.05) is 5.39 Å². The summed E-state index contributed by atoms with van der Waals surface area (Å²) in [4.78, 5) is -0.193. The fourth-order valence-corrected chi connectivity index (χ4v) is 3.18. The van der Waals surface area contributed by atoms with Crippen LogP contribution in [0.1, 0.15) is 5.56 Å². The first-order chi connectivity index (χ1) is 10.6. The Bertz CT molecular complexity index is 902. The van der Waals surface area contributed by atoms with E-state index in [1.54, 1.807) is 36.4 Å². The zero-order chi connectivity index (χ0) is 15.6. The Balaban J connectivity index is 2.06. The summed E-state index contributed by atoms with van der Waals surface area (Å²) in [6.07, 6.45) is 0. The number of rotatable bonds is 4. The Labute approximate surface area is 128 Å². The molecule has 4 nitrogen and oxygen atoms in total. The molecule has 1 N–H and O–H groups in total. The molecule has 0 unspecified atom stereocenters. The minimum atomic E-state index is -4.39. The molecular formula is C17H14O4S. The third-order valence-corrected chi connectivity index (χ3v) is 4.28.